The summed E-state index contributed by atoms with van der Waals surface area (Å²) in [6.07, 6.45) is 18.6. The van der Waals surface area contributed by atoms with Crippen LogP contribution in [-0.2, 0) is 10.8 Å². The van der Waals surface area contributed by atoms with E-state index in [0.717, 1.165) is 0 Å². The highest BCUT2D eigenvalue weighted by atomic mass is 14.3. The Morgan fingerprint density at radius 2 is 0.667 bits per heavy atom. The fraction of sp³-hybridized carbons (Fsp3) is 0.407. The van der Waals surface area contributed by atoms with Gasteiger partial charge in [0.1, 0.15) is 0 Å². The Balaban J connectivity index is 1.23. The maximum Gasteiger partial charge on any atom is -0.00137 e. The van der Waals surface area contributed by atoms with Crippen molar-refractivity contribution in [2.75, 3.05) is 0 Å². The lowest BCUT2D eigenvalue weighted by Crippen LogP contribution is -2.17. The Kier molecular flexibility index (Phi) is 9.11. The Morgan fingerprint density at radius 1 is 0.315 bits per heavy atom. The number of benzene rings is 9. The molecule has 0 spiro atoms. The molecule has 0 bridgehead atoms. The summed E-state index contributed by atoms with van der Waals surface area (Å²) in [5, 5.41) is 22.6. The van der Waals surface area contributed by atoms with Crippen molar-refractivity contribution in [2.24, 2.45) is 0 Å². The lowest BCUT2D eigenvalue weighted by Gasteiger charge is -2.28. The average molecular weight is 709 g/mol. The summed E-state index contributed by atoms with van der Waals surface area (Å²) in [4.78, 5) is 0. The second kappa shape index (κ2) is 13.8. The monoisotopic (exact) mass is 708 g/mol. The molecule has 0 radical (unpaired) electrons. The highest BCUT2D eigenvalue weighted by Gasteiger charge is 2.26. The first-order valence-electron chi connectivity index (χ1n) is 21.7. The van der Waals surface area contributed by atoms with E-state index < -0.39 is 0 Å². The third-order valence-corrected chi connectivity index (χ3v) is 13.9. The van der Waals surface area contributed by atoms with Gasteiger partial charge in [0.2, 0.25) is 0 Å². The number of fused-ring (bicyclic) bond motifs is 2. The number of rotatable bonds is 16. The molecule has 9 rings (SSSR count). The zero-order valence-corrected chi connectivity index (χ0v) is 34.0. The van der Waals surface area contributed by atoms with Crippen molar-refractivity contribution in [1.29, 1.82) is 0 Å². The maximum absolute atomic E-state index is 2.59. The van der Waals surface area contributed by atoms with E-state index in [-0.39, 0.29) is 10.8 Å². The van der Waals surface area contributed by atoms with Crippen LogP contribution in [0.25, 0.3) is 86.2 Å². The minimum Gasteiger partial charge on any atom is -0.0654 e. The lowest BCUT2D eigenvalue weighted by atomic mass is 9.76. The predicted octanol–water partition coefficient (Wildman–Crippen LogP) is 17.3. The fourth-order valence-corrected chi connectivity index (χ4v) is 10.5. The van der Waals surface area contributed by atoms with E-state index >= 15 is 0 Å². The maximum atomic E-state index is 2.59. The molecule has 0 amide bonds. The molecule has 9 aromatic carbocycles. The summed E-state index contributed by atoms with van der Waals surface area (Å²) in [5.74, 6) is 0. The van der Waals surface area contributed by atoms with E-state index in [4.69, 9.17) is 0 Å². The highest BCUT2D eigenvalue weighted by Crippen LogP contribution is 2.50. The van der Waals surface area contributed by atoms with Gasteiger partial charge in [-0.15, -0.1) is 0 Å². The molecule has 0 N–H and O–H groups in total. The van der Waals surface area contributed by atoms with Crippen LogP contribution in [0.4, 0.5) is 0 Å². The standard InChI is InChI=1S/C54H60/c1-7-9-11-13-15-17-27-53(3,4)41-29-37-21-19-35-23-25-43-44-26-24-36-20-22-38-30-42(54(5,6)28-18-16-14-12-10-8-2)32-40-34-46(52(44)50(36)48(38)40)45-33-39(31-41)47(37)49(35)51(43)45/h19-26,29-34H,7-18,27-28H2,1-6H3. The number of hydrogen-bond donors (Lipinski definition) is 0. The van der Waals surface area contributed by atoms with Crippen molar-refractivity contribution in [2.45, 2.75) is 142 Å². The largest absolute Gasteiger partial charge is 0.0654 e. The molecule has 9 aromatic rings. The molecular formula is C54H60. The fourth-order valence-electron chi connectivity index (χ4n) is 10.5. The smallest absolute Gasteiger partial charge is 0.00137 e. The normalized spacial score (nSPS) is 13.3. The van der Waals surface area contributed by atoms with Gasteiger partial charge < -0.3 is 0 Å². The minimum absolute atomic E-state index is 0.133. The van der Waals surface area contributed by atoms with Crippen LogP contribution in [-0.4, -0.2) is 0 Å². The van der Waals surface area contributed by atoms with Gasteiger partial charge in [-0.3, -0.25) is 0 Å². The first-order chi connectivity index (χ1) is 26.2. The van der Waals surface area contributed by atoms with Gasteiger partial charge in [0, 0.05) is 0 Å². The van der Waals surface area contributed by atoms with E-state index in [1.54, 1.807) is 0 Å². The Hall–Kier alpha value is -4.16. The first-order valence-corrected chi connectivity index (χ1v) is 21.7. The molecule has 0 heterocycles. The van der Waals surface area contributed by atoms with Crippen molar-refractivity contribution in [3.63, 3.8) is 0 Å². The summed E-state index contributed by atoms with van der Waals surface area (Å²) in [6.45, 7) is 14.5. The van der Waals surface area contributed by atoms with Crippen LogP contribution >= 0.6 is 0 Å². The molecule has 0 aliphatic heterocycles. The summed E-state index contributed by atoms with van der Waals surface area (Å²) < 4.78 is 0. The molecule has 0 heteroatoms. The molecule has 0 aromatic heterocycles. The van der Waals surface area contributed by atoms with Crippen LogP contribution < -0.4 is 0 Å². The van der Waals surface area contributed by atoms with Crippen LogP contribution in [0.15, 0.2) is 84.9 Å². The SMILES string of the molecule is CCCCCCCCC(C)(C)c1cc2ccc3ccc4c5ccc6ccc7cc(C(C)(C)CCCCCCCC)cc8cc(c9cc(c1)c2c3c49)c5c6c78. The molecule has 0 unspecified atom stereocenters. The quantitative estimate of drug-likeness (QED) is 0.0532. The minimum atomic E-state index is 0.133. The van der Waals surface area contributed by atoms with Crippen molar-refractivity contribution < 1.29 is 0 Å². The third kappa shape index (κ3) is 5.86. The van der Waals surface area contributed by atoms with Crippen LogP contribution in [0.2, 0.25) is 0 Å². The van der Waals surface area contributed by atoms with E-state index in [0.29, 0.717) is 0 Å². The van der Waals surface area contributed by atoms with Gasteiger partial charge in [-0.2, -0.15) is 0 Å². The second-order valence-corrected chi connectivity index (χ2v) is 18.6. The average Bonchev–Trinajstić information content (AvgIpc) is 3.17. The van der Waals surface area contributed by atoms with Gasteiger partial charge in [0.05, 0.1) is 0 Å². The van der Waals surface area contributed by atoms with Crippen LogP contribution in [0, 0.1) is 0 Å². The molecule has 54 heavy (non-hydrogen) atoms. The van der Waals surface area contributed by atoms with Gasteiger partial charge in [-0.1, -0.05) is 191 Å². The molecule has 0 saturated heterocycles. The van der Waals surface area contributed by atoms with Gasteiger partial charge in [0.25, 0.3) is 0 Å². The van der Waals surface area contributed by atoms with Crippen LogP contribution in [0.1, 0.15) is 143 Å². The molecule has 0 nitrogen and oxygen atoms in total. The topological polar surface area (TPSA) is 0 Å². The molecular weight excluding hydrogens is 649 g/mol. The van der Waals surface area contributed by atoms with Gasteiger partial charge >= 0.3 is 0 Å². The Bertz CT molecular complexity index is 2550. The van der Waals surface area contributed by atoms with Gasteiger partial charge in [-0.25, -0.2) is 0 Å². The van der Waals surface area contributed by atoms with E-state index in [9.17, 15) is 0 Å². The third-order valence-electron chi connectivity index (χ3n) is 13.9. The Morgan fingerprint density at radius 3 is 1.09 bits per heavy atom. The second-order valence-electron chi connectivity index (χ2n) is 18.6. The summed E-state index contributed by atoms with van der Waals surface area (Å²) >= 11 is 0. The van der Waals surface area contributed by atoms with Gasteiger partial charge in [0.15, 0.2) is 0 Å². The summed E-state index contributed by atoms with van der Waals surface area (Å²) in [6, 6.07) is 34.5. The number of hydrogen-bond acceptors (Lipinski definition) is 0. The zero-order chi connectivity index (χ0) is 37.2. The van der Waals surface area contributed by atoms with E-state index in [1.807, 2.05) is 0 Å². The summed E-state index contributed by atoms with van der Waals surface area (Å²) in [5.41, 5.74) is 3.23. The first kappa shape index (κ1) is 35.5. The van der Waals surface area contributed by atoms with Gasteiger partial charge in [-0.05, 0) is 133 Å². The predicted molar refractivity (Wildman–Crippen MR) is 242 cm³/mol. The van der Waals surface area contributed by atoms with E-state index in [1.165, 1.54) is 187 Å². The lowest BCUT2D eigenvalue weighted by molar-refractivity contribution is 0.443. The molecule has 0 aliphatic rings. The molecule has 0 atom stereocenters. The van der Waals surface area contributed by atoms with Crippen LogP contribution in [0.5, 0.6) is 0 Å². The van der Waals surface area contributed by atoms with Crippen molar-refractivity contribution in [3.8, 4) is 0 Å². The van der Waals surface area contributed by atoms with E-state index in [2.05, 4.69) is 126 Å². The molecule has 0 aliphatic carbocycles. The molecule has 276 valence electrons. The number of unbranched alkanes of at least 4 members (excludes halogenated alkanes) is 10. The highest BCUT2D eigenvalue weighted by molar-refractivity contribution is 6.44. The molecule has 0 fully saturated rings. The van der Waals surface area contributed by atoms with Crippen molar-refractivity contribution >= 4 is 86.2 Å². The summed E-state index contributed by atoms with van der Waals surface area (Å²) in [7, 11) is 0. The molecule has 0 saturated carbocycles. The zero-order valence-electron chi connectivity index (χ0n) is 34.0. The van der Waals surface area contributed by atoms with Crippen molar-refractivity contribution in [3.05, 3.63) is 96.1 Å². The Labute approximate surface area is 323 Å². The van der Waals surface area contributed by atoms with Crippen molar-refractivity contribution in [1.82, 2.24) is 0 Å². The van der Waals surface area contributed by atoms with Crippen LogP contribution in [0.3, 0.4) is 0 Å².